The lowest BCUT2D eigenvalue weighted by molar-refractivity contribution is -0.164. The minimum absolute atomic E-state index is 0.139. The number of fused-ring (bicyclic) bond motifs is 3. The van der Waals surface area contributed by atoms with Gasteiger partial charge in [-0.3, -0.25) is 4.79 Å². The number of hydrogen-bond donors (Lipinski definition) is 1. The maximum atomic E-state index is 12.0. The van der Waals surface area contributed by atoms with Crippen molar-refractivity contribution in [2.45, 2.75) is 65.7 Å². The van der Waals surface area contributed by atoms with Gasteiger partial charge in [-0.05, 0) is 62.7 Å². The molecule has 5 atom stereocenters. The highest BCUT2D eigenvalue weighted by Crippen LogP contribution is 2.63. The third-order valence-electron chi connectivity index (χ3n) is 7.38. The summed E-state index contributed by atoms with van der Waals surface area (Å²) >= 11 is 0. The summed E-state index contributed by atoms with van der Waals surface area (Å²) in [5.74, 6) is 0.322. The molecule has 0 amide bonds. The molecule has 0 aromatic rings. The Kier molecular flexibility index (Phi) is 3.58. The van der Waals surface area contributed by atoms with Gasteiger partial charge >= 0.3 is 5.97 Å². The van der Waals surface area contributed by atoms with Gasteiger partial charge in [-0.1, -0.05) is 38.0 Å². The summed E-state index contributed by atoms with van der Waals surface area (Å²) in [7, 11) is 0. The number of carboxylic acid groups (broad SMARTS) is 1. The van der Waals surface area contributed by atoms with Gasteiger partial charge in [0.1, 0.15) is 0 Å². The maximum Gasteiger partial charge on any atom is 0.309 e. The van der Waals surface area contributed by atoms with E-state index >= 15 is 0 Å². The Morgan fingerprint density at radius 1 is 1.27 bits per heavy atom. The summed E-state index contributed by atoms with van der Waals surface area (Å²) in [6.07, 6.45) is 12.1. The second-order valence-corrected chi connectivity index (χ2v) is 8.69. The van der Waals surface area contributed by atoms with Crippen molar-refractivity contribution in [2.75, 3.05) is 0 Å². The molecule has 1 N–H and O–H groups in total. The molecule has 2 saturated carbocycles. The molecule has 3 aliphatic carbocycles. The van der Waals surface area contributed by atoms with E-state index in [1.807, 2.05) is 6.92 Å². The first-order valence-electron chi connectivity index (χ1n) is 8.84. The van der Waals surface area contributed by atoms with Crippen LogP contribution in [0.15, 0.2) is 24.3 Å². The molecule has 2 nitrogen and oxygen atoms in total. The summed E-state index contributed by atoms with van der Waals surface area (Å²) in [6, 6.07) is 0. The van der Waals surface area contributed by atoms with Gasteiger partial charge in [0.25, 0.3) is 0 Å². The summed E-state index contributed by atoms with van der Waals surface area (Å²) in [4.78, 5) is 12.0. The molecule has 0 aromatic heterocycles. The van der Waals surface area contributed by atoms with Gasteiger partial charge in [-0.15, -0.1) is 6.58 Å². The fraction of sp³-hybridized carbons (Fsp3) is 0.750. The van der Waals surface area contributed by atoms with Gasteiger partial charge in [-0.2, -0.15) is 0 Å². The van der Waals surface area contributed by atoms with Crippen LogP contribution in [0.2, 0.25) is 0 Å². The van der Waals surface area contributed by atoms with E-state index in [0.29, 0.717) is 11.8 Å². The first-order chi connectivity index (χ1) is 10.3. The minimum atomic E-state index is -0.581. The van der Waals surface area contributed by atoms with Crippen LogP contribution in [0, 0.1) is 28.1 Å². The molecule has 2 heteroatoms. The normalized spacial score (nSPS) is 47.9. The van der Waals surface area contributed by atoms with Crippen molar-refractivity contribution < 1.29 is 9.90 Å². The van der Waals surface area contributed by atoms with Gasteiger partial charge in [-0.25, -0.2) is 0 Å². The van der Waals surface area contributed by atoms with Crippen molar-refractivity contribution in [2.24, 2.45) is 28.1 Å². The maximum absolute atomic E-state index is 12.0. The zero-order valence-corrected chi connectivity index (χ0v) is 14.3. The first kappa shape index (κ1) is 15.8. The van der Waals surface area contributed by atoms with Crippen molar-refractivity contribution in [1.82, 2.24) is 0 Å². The molecule has 0 unspecified atom stereocenters. The van der Waals surface area contributed by atoms with Crippen molar-refractivity contribution in [3.05, 3.63) is 24.3 Å². The van der Waals surface area contributed by atoms with Gasteiger partial charge in [0.15, 0.2) is 0 Å². The smallest absolute Gasteiger partial charge is 0.309 e. The van der Waals surface area contributed by atoms with Crippen LogP contribution in [0.1, 0.15) is 65.7 Å². The Bertz CT molecular complexity index is 534. The third kappa shape index (κ3) is 2.10. The van der Waals surface area contributed by atoms with E-state index in [-0.39, 0.29) is 10.8 Å². The molecule has 0 saturated heterocycles. The van der Waals surface area contributed by atoms with Crippen molar-refractivity contribution >= 4 is 5.97 Å². The van der Waals surface area contributed by atoms with E-state index in [9.17, 15) is 9.90 Å². The second kappa shape index (κ2) is 4.97. The Hall–Kier alpha value is -1.05. The topological polar surface area (TPSA) is 37.3 Å². The average molecular weight is 302 g/mol. The molecule has 0 bridgehead atoms. The number of allylic oxidation sites excluding steroid dienone is 3. The van der Waals surface area contributed by atoms with Gasteiger partial charge < -0.3 is 5.11 Å². The first-order valence-corrected chi connectivity index (χ1v) is 8.84. The van der Waals surface area contributed by atoms with Crippen molar-refractivity contribution in [1.29, 1.82) is 0 Å². The van der Waals surface area contributed by atoms with E-state index in [0.717, 1.165) is 32.1 Å². The van der Waals surface area contributed by atoms with Crippen molar-refractivity contribution in [3.8, 4) is 0 Å². The number of rotatable bonds is 2. The van der Waals surface area contributed by atoms with E-state index in [4.69, 9.17) is 0 Å². The van der Waals surface area contributed by atoms with Crippen LogP contribution in [-0.2, 0) is 4.79 Å². The van der Waals surface area contributed by atoms with Gasteiger partial charge in [0.05, 0.1) is 5.41 Å². The molecule has 3 aliphatic rings. The number of hydrogen-bond acceptors (Lipinski definition) is 1. The van der Waals surface area contributed by atoms with E-state index in [1.54, 1.807) is 5.57 Å². The summed E-state index contributed by atoms with van der Waals surface area (Å²) in [5.41, 5.74) is 1.36. The standard InChI is InChI=1S/C20H30O2/c1-5-18(2)12-9-15-14(13-18)7-8-16-19(15,3)10-6-11-20(16,4)17(21)22/h5,13,15-16H,1,6-12H2,2-4H3,(H,21,22)/t15-,16+,18+,19+,20-/m0/s1. The Balaban J connectivity index is 1.99. The molecule has 0 radical (unpaired) electrons. The summed E-state index contributed by atoms with van der Waals surface area (Å²) in [6.45, 7) is 10.7. The fourth-order valence-corrected chi connectivity index (χ4v) is 5.94. The zero-order chi connectivity index (χ0) is 16.2. The number of carboxylic acids is 1. The molecule has 0 aliphatic heterocycles. The highest BCUT2D eigenvalue weighted by molar-refractivity contribution is 5.75. The molecule has 3 rings (SSSR count). The Morgan fingerprint density at radius 3 is 2.64 bits per heavy atom. The van der Waals surface area contributed by atoms with E-state index in [1.165, 1.54) is 12.8 Å². The van der Waals surface area contributed by atoms with Crippen LogP contribution >= 0.6 is 0 Å². The predicted octanol–water partition coefficient (Wildman–Crippen LogP) is 5.21. The molecule has 0 spiro atoms. The van der Waals surface area contributed by atoms with Crippen LogP contribution in [-0.4, -0.2) is 11.1 Å². The Labute approximate surface area is 134 Å². The molecule has 0 aromatic carbocycles. The monoisotopic (exact) mass is 302 g/mol. The quantitative estimate of drug-likeness (QED) is 0.711. The minimum Gasteiger partial charge on any atom is -0.481 e. The average Bonchev–Trinajstić information content (AvgIpc) is 2.46. The SMILES string of the molecule is C=C[C@@]1(C)C=C2CC[C@@H]3[C@](C)(CCC[C@]3(C)C(=O)O)[C@H]2CC1. The number of aliphatic carboxylic acids is 1. The van der Waals surface area contributed by atoms with Crippen LogP contribution in [0.3, 0.4) is 0 Å². The molecular weight excluding hydrogens is 272 g/mol. The van der Waals surface area contributed by atoms with E-state index in [2.05, 4.69) is 32.6 Å². The van der Waals surface area contributed by atoms with Crippen LogP contribution < -0.4 is 0 Å². The third-order valence-corrected chi connectivity index (χ3v) is 7.38. The number of carbonyl (C=O) groups is 1. The highest BCUT2D eigenvalue weighted by atomic mass is 16.4. The van der Waals surface area contributed by atoms with Crippen LogP contribution in [0.5, 0.6) is 0 Å². The predicted molar refractivity (Wildman–Crippen MR) is 89.5 cm³/mol. The van der Waals surface area contributed by atoms with Gasteiger partial charge in [0, 0.05) is 5.41 Å². The highest BCUT2D eigenvalue weighted by Gasteiger charge is 2.58. The molecule has 22 heavy (non-hydrogen) atoms. The zero-order valence-electron chi connectivity index (χ0n) is 14.3. The lowest BCUT2D eigenvalue weighted by atomic mass is 9.45. The molecular formula is C20H30O2. The van der Waals surface area contributed by atoms with Crippen molar-refractivity contribution in [3.63, 3.8) is 0 Å². The lowest BCUT2D eigenvalue weighted by Crippen LogP contribution is -2.54. The fourth-order valence-electron chi connectivity index (χ4n) is 5.94. The van der Waals surface area contributed by atoms with Crippen LogP contribution in [0.4, 0.5) is 0 Å². The van der Waals surface area contributed by atoms with E-state index < -0.39 is 11.4 Å². The van der Waals surface area contributed by atoms with Gasteiger partial charge in [0.2, 0.25) is 0 Å². The largest absolute Gasteiger partial charge is 0.481 e. The molecule has 2 fully saturated rings. The second-order valence-electron chi connectivity index (χ2n) is 8.69. The molecule has 122 valence electrons. The lowest BCUT2D eigenvalue weighted by Gasteiger charge is -2.59. The Morgan fingerprint density at radius 2 is 2.00 bits per heavy atom. The summed E-state index contributed by atoms with van der Waals surface area (Å²) in [5, 5.41) is 9.84. The molecule has 0 heterocycles. The summed E-state index contributed by atoms with van der Waals surface area (Å²) < 4.78 is 0. The van der Waals surface area contributed by atoms with Crippen LogP contribution in [0.25, 0.3) is 0 Å².